The molecule has 0 saturated carbocycles. The van der Waals surface area contributed by atoms with E-state index in [2.05, 4.69) is 10.4 Å². The van der Waals surface area contributed by atoms with E-state index in [1.165, 1.54) is 0 Å². The third-order valence-electron chi connectivity index (χ3n) is 3.40. The monoisotopic (exact) mass is 300 g/mol. The first kappa shape index (κ1) is 13.6. The van der Waals surface area contributed by atoms with Gasteiger partial charge in [0.2, 0.25) is 0 Å². The molecule has 21 heavy (non-hydrogen) atoms. The lowest BCUT2D eigenvalue weighted by molar-refractivity contribution is 0.102. The fourth-order valence-corrected chi connectivity index (χ4v) is 3.33. The Bertz CT molecular complexity index is 783. The van der Waals surface area contributed by atoms with Crippen molar-refractivity contribution in [2.45, 2.75) is 13.8 Å². The minimum Gasteiger partial charge on any atom is -0.319 e. The molecule has 0 aromatic carbocycles. The van der Waals surface area contributed by atoms with E-state index in [9.17, 15) is 4.79 Å². The number of nitrogens with one attached hydrogen (secondary N) is 1. The minimum absolute atomic E-state index is 0.103. The van der Waals surface area contributed by atoms with Crippen LogP contribution in [0.5, 0.6) is 0 Å². The largest absolute Gasteiger partial charge is 0.319 e. The molecular formula is C15H16N4OS. The van der Waals surface area contributed by atoms with Crippen molar-refractivity contribution >= 4 is 22.9 Å². The Morgan fingerprint density at radius 3 is 2.62 bits per heavy atom. The molecule has 3 heterocycles. The Labute approximate surface area is 126 Å². The van der Waals surface area contributed by atoms with Gasteiger partial charge in [0.1, 0.15) is 5.00 Å². The summed E-state index contributed by atoms with van der Waals surface area (Å²) in [5, 5.41) is 7.91. The number of nitrogens with zero attached hydrogens (tertiary/aromatic N) is 3. The van der Waals surface area contributed by atoms with Crippen LogP contribution in [0.25, 0.3) is 5.00 Å². The molecule has 0 aliphatic heterocycles. The number of anilines is 1. The lowest BCUT2D eigenvalue weighted by Gasteiger charge is -2.06. The molecule has 0 aliphatic rings. The van der Waals surface area contributed by atoms with Gasteiger partial charge in [0, 0.05) is 30.5 Å². The summed E-state index contributed by atoms with van der Waals surface area (Å²) in [6, 6.07) is 3.90. The summed E-state index contributed by atoms with van der Waals surface area (Å²) < 4.78 is 3.64. The summed E-state index contributed by atoms with van der Waals surface area (Å²) in [5.41, 5.74) is 2.44. The van der Waals surface area contributed by atoms with Crippen molar-refractivity contribution in [1.82, 2.24) is 14.3 Å². The summed E-state index contributed by atoms with van der Waals surface area (Å²) in [7, 11) is 1.82. The fourth-order valence-electron chi connectivity index (χ4n) is 2.21. The number of aryl methyl sites for hydroxylation is 2. The second kappa shape index (κ2) is 5.21. The predicted molar refractivity (Wildman–Crippen MR) is 84.3 cm³/mol. The highest BCUT2D eigenvalue weighted by Gasteiger charge is 2.20. The molecule has 0 aliphatic carbocycles. The van der Waals surface area contributed by atoms with E-state index in [4.69, 9.17) is 0 Å². The Morgan fingerprint density at radius 1 is 1.29 bits per heavy atom. The second-order valence-corrected chi connectivity index (χ2v) is 6.11. The Hall–Kier alpha value is -2.34. The van der Waals surface area contributed by atoms with Crippen LogP contribution in [-0.2, 0) is 7.05 Å². The SMILES string of the molecule is Cc1sc(-n2cccc2)c(C(=O)Nc2cnn(C)c2)c1C. The van der Waals surface area contributed by atoms with Crippen molar-refractivity contribution in [1.29, 1.82) is 0 Å². The molecule has 3 rings (SSSR count). The summed E-state index contributed by atoms with van der Waals surface area (Å²) in [6.07, 6.45) is 7.32. The fraction of sp³-hybridized carbons (Fsp3) is 0.200. The van der Waals surface area contributed by atoms with E-state index in [0.717, 1.165) is 21.0 Å². The van der Waals surface area contributed by atoms with Crippen LogP contribution in [-0.4, -0.2) is 20.3 Å². The van der Waals surface area contributed by atoms with Crippen LogP contribution in [0.1, 0.15) is 20.8 Å². The standard InChI is InChI=1S/C15H16N4OS/c1-10-11(2)21-15(19-6-4-5-7-19)13(10)14(20)17-12-8-16-18(3)9-12/h4-9H,1-3H3,(H,17,20). The normalized spacial score (nSPS) is 10.8. The number of carbonyl (C=O) groups excluding carboxylic acids is 1. The van der Waals surface area contributed by atoms with Crippen molar-refractivity contribution in [3.8, 4) is 5.00 Å². The number of thiophene rings is 1. The van der Waals surface area contributed by atoms with Gasteiger partial charge in [-0.25, -0.2) is 0 Å². The maximum Gasteiger partial charge on any atom is 0.259 e. The maximum absolute atomic E-state index is 12.6. The molecule has 3 aromatic rings. The van der Waals surface area contributed by atoms with Gasteiger partial charge in [-0.1, -0.05) is 0 Å². The topological polar surface area (TPSA) is 51.9 Å². The molecule has 5 nitrogen and oxygen atoms in total. The van der Waals surface area contributed by atoms with Crippen molar-refractivity contribution < 1.29 is 4.79 Å². The highest BCUT2D eigenvalue weighted by atomic mass is 32.1. The number of hydrogen-bond acceptors (Lipinski definition) is 3. The molecule has 108 valence electrons. The molecule has 0 fully saturated rings. The maximum atomic E-state index is 12.6. The van der Waals surface area contributed by atoms with E-state index in [-0.39, 0.29) is 5.91 Å². The van der Waals surface area contributed by atoms with Gasteiger partial charge in [-0.2, -0.15) is 5.10 Å². The van der Waals surface area contributed by atoms with Gasteiger partial charge >= 0.3 is 0 Å². The first-order valence-corrected chi connectivity index (χ1v) is 7.41. The van der Waals surface area contributed by atoms with E-state index in [1.54, 1.807) is 28.4 Å². The first-order valence-electron chi connectivity index (χ1n) is 6.59. The van der Waals surface area contributed by atoms with Gasteiger partial charge in [0.15, 0.2) is 0 Å². The van der Waals surface area contributed by atoms with Crippen LogP contribution in [0.2, 0.25) is 0 Å². The summed E-state index contributed by atoms with van der Waals surface area (Å²) in [6.45, 7) is 4.02. The van der Waals surface area contributed by atoms with Gasteiger partial charge in [-0.3, -0.25) is 9.48 Å². The highest BCUT2D eigenvalue weighted by Crippen LogP contribution is 2.31. The molecule has 0 bridgehead atoms. The Kier molecular flexibility index (Phi) is 3.39. The van der Waals surface area contributed by atoms with Crippen LogP contribution in [0.15, 0.2) is 36.9 Å². The summed E-state index contributed by atoms with van der Waals surface area (Å²) in [5.74, 6) is -0.103. The minimum atomic E-state index is -0.103. The molecule has 0 saturated heterocycles. The molecule has 1 N–H and O–H groups in total. The number of hydrogen-bond donors (Lipinski definition) is 1. The Balaban J connectivity index is 1.99. The van der Waals surface area contributed by atoms with E-state index >= 15 is 0 Å². The van der Waals surface area contributed by atoms with Gasteiger partial charge < -0.3 is 9.88 Å². The van der Waals surface area contributed by atoms with Crippen molar-refractivity contribution in [2.75, 3.05) is 5.32 Å². The lowest BCUT2D eigenvalue weighted by atomic mass is 10.1. The summed E-state index contributed by atoms with van der Waals surface area (Å²) in [4.78, 5) is 13.8. The molecule has 0 atom stereocenters. The van der Waals surface area contributed by atoms with Crippen LogP contribution in [0, 0.1) is 13.8 Å². The van der Waals surface area contributed by atoms with E-state index in [1.807, 2.05) is 50.0 Å². The quantitative estimate of drug-likeness (QED) is 0.808. The molecule has 0 radical (unpaired) electrons. The average molecular weight is 300 g/mol. The predicted octanol–water partition coefficient (Wildman–Crippen LogP) is 3.14. The second-order valence-electron chi connectivity index (χ2n) is 4.91. The Morgan fingerprint density at radius 2 is 2.00 bits per heavy atom. The zero-order chi connectivity index (χ0) is 15.0. The van der Waals surface area contributed by atoms with Gasteiger partial charge in [0.25, 0.3) is 5.91 Å². The number of aromatic nitrogens is 3. The highest BCUT2D eigenvalue weighted by molar-refractivity contribution is 7.15. The molecule has 3 aromatic heterocycles. The van der Waals surface area contributed by atoms with Crippen LogP contribution in [0.4, 0.5) is 5.69 Å². The van der Waals surface area contributed by atoms with Gasteiger partial charge in [0.05, 0.1) is 17.4 Å². The van der Waals surface area contributed by atoms with E-state index < -0.39 is 0 Å². The van der Waals surface area contributed by atoms with Crippen LogP contribution in [0.3, 0.4) is 0 Å². The average Bonchev–Trinajstić information content (AvgIpc) is 3.13. The third kappa shape index (κ3) is 2.50. The van der Waals surface area contributed by atoms with Gasteiger partial charge in [-0.15, -0.1) is 11.3 Å². The van der Waals surface area contributed by atoms with Crippen molar-refractivity contribution in [3.05, 3.63) is 52.9 Å². The number of carbonyl (C=O) groups is 1. The van der Waals surface area contributed by atoms with Crippen LogP contribution < -0.4 is 5.32 Å². The third-order valence-corrected chi connectivity index (χ3v) is 4.62. The first-order chi connectivity index (χ1) is 10.1. The van der Waals surface area contributed by atoms with Crippen LogP contribution >= 0.6 is 11.3 Å². The number of rotatable bonds is 3. The van der Waals surface area contributed by atoms with Crippen molar-refractivity contribution in [2.24, 2.45) is 7.05 Å². The molecule has 6 heteroatoms. The van der Waals surface area contributed by atoms with Crippen molar-refractivity contribution in [3.63, 3.8) is 0 Å². The molecule has 0 unspecified atom stereocenters. The molecule has 0 spiro atoms. The number of amides is 1. The molecular weight excluding hydrogens is 284 g/mol. The molecule has 1 amide bonds. The smallest absolute Gasteiger partial charge is 0.259 e. The van der Waals surface area contributed by atoms with E-state index in [0.29, 0.717) is 5.69 Å². The summed E-state index contributed by atoms with van der Waals surface area (Å²) >= 11 is 1.62. The zero-order valence-corrected chi connectivity index (χ0v) is 12.9. The van der Waals surface area contributed by atoms with Gasteiger partial charge in [-0.05, 0) is 31.5 Å². The lowest BCUT2D eigenvalue weighted by Crippen LogP contribution is -2.14. The zero-order valence-electron chi connectivity index (χ0n) is 12.1.